The minimum atomic E-state index is -0.307. The van der Waals surface area contributed by atoms with Gasteiger partial charge in [-0.2, -0.15) is 0 Å². The van der Waals surface area contributed by atoms with Crippen molar-refractivity contribution in [2.24, 2.45) is 0 Å². The Balaban J connectivity index is 1.65. The molecule has 1 saturated heterocycles. The Labute approximate surface area is 116 Å². The molecule has 1 saturated carbocycles. The van der Waals surface area contributed by atoms with E-state index in [1.807, 2.05) is 6.07 Å². The van der Waals surface area contributed by atoms with Crippen LogP contribution in [0.15, 0.2) is 12.1 Å². The minimum Gasteiger partial charge on any atom is -0.465 e. The van der Waals surface area contributed by atoms with Gasteiger partial charge < -0.3 is 14.2 Å². The molecule has 0 bridgehead atoms. The quantitative estimate of drug-likeness (QED) is 0.782. The SMILES string of the molecule is COC(=O)c1ccc(C2CCC3(CC2)OCCO3)s1. The standard InChI is InChI=1S/C14H18O4S/c1-16-13(15)12-3-2-11(19-12)10-4-6-14(7-5-10)17-8-9-18-14/h2-3,10H,4-9H2,1H3. The fourth-order valence-corrected chi connectivity index (χ4v) is 4.01. The first-order valence-electron chi connectivity index (χ1n) is 6.68. The molecular formula is C14H18O4S. The van der Waals surface area contributed by atoms with Crippen LogP contribution < -0.4 is 0 Å². The lowest BCUT2D eigenvalue weighted by Crippen LogP contribution is -2.34. The molecule has 0 radical (unpaired) electrons. The molecule has 1 aliphatic carbocycles. The van der Waals surface area contributed by atoms with Gasteiger partial charge in [-0.05, 0) is 30.9 Å². The van der Waals surface area contributed by atoms with Crippen molar-refractivity contribution < 1.29 is 19.0 Å². The zero-order valence-electron chi connectivity index (χ0n) is 11.0. The summed E-state index contributed by atoms with van der Waals surface area (Å²) in [7, 11) is 1.42. The number of carbonyl (C=O) groups excluding carboxylic acids is 1. The normalized spacial score (nSPS) is 22.8. The molecule has 1 aliphatic heterocycles. The van der Waals surface area contributed by atoms with Crippen LogP contribution in [0.5, 0.6) is 0 Å². The number of rotatable bonds is 2. The highest BCUT2D eigenvalue weighted by atomic mass is 32.1. The molecule has 104 valence electrons. The molecule has 0 atom stereocenters. The highest BCUT2D eigenvalue weighted by molar-refractivity contribution is 7.14. The van der Waals surface area contributed by atoms with Crippen molar-refractivity contribution >= 4 is 17.3 Å². The molecule has 5 heteroatoms. The molecule has 2 fully saturated rings. The van der Waals surface area contributed by atoms with E-state index in [4.69, 9.17) is 14.2 Å². The van der Waals surface area contributed by atoms with Crippen LogP contribution >= 0.6 is 11.3 Å². The zero-order valence-corrected chi connectivity index (χ0v) is 11.8. The number of carbonyl (C=O) groups is 1. The summed E-state index contributed by atoms with van der Waals surface area (Å²) in [6.07, 6.45) is 4.01. The summed E-state index contributed by atoms with van der Waals surface area (Å²) < 4.78 is 16.2. The van der Waals surface area contributed by atoms with Gasteiger partial charge in [0.2, 0.25) is 0 Å². The van der Waals surface area contributed by atoms with Crippen molar-refractivity contribution in [1.82, 2.24) is 0 Å². The average Bonchev–Trinajstić information content (AvgIpc) is 3.09. The van der Waals surface area contributed by atoms with E-state index in [1.54, 1.807) is 11.3 Å². The number of hydrogen-bond donors (Lipinski definition) is 0. The highest BCUT2D eigenvalue weighted by Crippen LogP contribution is 2.43. The Morgan fingerprint density at radius 3 is 2.63 bits per heavy atom. The first kappa shape index (κ1) is 13.1. The summed E-state index contributed by atoms with van der Waals surface area (Å²) in [4.78, 5) is 13.4. The molecule has 1 spiro atoms. The lowest BCUT2D eigenvalue weighted by molar-refractivity contribution is -0.178. The van der Waals surface area contributed by atoms with Crippen LogP contribution in [0.2, 0.25) is 0 Å². The maximum atomic E-state index is 11.5. The van der Waals surface area contributed by atoms with Gasteiger partial charge >= 0.3 is 5.97 Å². The van der Waals surface area contributed by atoms with Gasteiger partial charge in [0.1, 0.15) is 4.88 Å². The second kappa shape index (κ2) is 5.23. The van der Waals surface area contributed by atoms with Crippen LogP contribution in [0.4, 0.5) is 0 Å². The molecule has 2 heterocycles. The van der Waals surface area contributed by atoms with Gasteiger partial charge in [0.25, 0.3) is 0 Å². The Bertz CT molecular complexity index is 452. The first-order valence-corrected chi connectivity index (χ1v) is 7.50. The molecule has 1 aromatic heterocycles. The van der Waals surface area contributed by atoms with Gasteiger partial charge in [-0.3, -0.25) is 0 Å². The third-order valence-corrected chi connectivity index (χ3v) is 5.20. The van der Waals surface area contributed by atoms with E-state index in [9.17, 15) is 4.79 Å². The van der Waals surface area contributed by atoms with Gasteiger partial charge in [-0.15, -0.1) is 11.3 Å². The van der Waals surface area contributed by atoms with Crippen LogP contribution in [0.25, 0.3) is 0 Å². The minimum absolute atomic E-state index is 0.244. The molecule has 3 rings (SSSR count). The molecule has 0 aromatic carbocycles. The van der Waals surface area contributed by atoms with Gasteiger partial charge in [-0.1, -0.05) is 0 Å². The van der Waals surface area contributed by atoms with E-state index in [0.29, 0.717) is 10.8 Å². The predicted octanol–water partition coefficient (Wildman–Crippen LogP) is 2.94. The molecule has 0 N–H and O–H groups in total. The Morgan fingerprint density at radius 1 is 1.32 bits per heavy atom. The summed E-state index contributed by atoms with van der Waals surface area (Å²) in [5, 5.41) is 0. The largest absolute Gasteiger partial charge is 0.465 e. The van der Waals surface area contributed by atoms with E-state index in [2.05, 4.69) is 6.07 Å². The maximum Gasteiger partial charge on any atom is 0.348 e. The summed E-state index contributed by atoms with van der Waals surface area (Å²) >= 11 is 1.55. The van der Waals surface area contributed by atoms with E-state index in [-0.39, 0.29) is 11.8 Å². The molecular weight excluding hydrogens is 264 g/mol. The van der Waals surface area contributed by atoms with Crippen LogP contribution in [0.3, 0.4) is 0 Å². The van der Waals surface area contributed by atoms with Gasteiger partial charge in [-0.25, -0.2) is 4.79 Å². The Kier molecular flexibility index (Phi) is 3.60. The fourth-order valence-electron chi connectivity index (χ4n) is 2.91. The molecule has 1 aromatic rings. The van der Waals surface area contributed by atoms with E-state index < -0.39 is 0 Å². The molecule has 4 nitrogen and oxygen atoms in total. The van der Waals surface area contributed by atoms with Crippen LogP contribution in [0.1, 0.15) is 46.2 Å². The number of hydrogen-bond acceptors (Lipinski definition) is 5. The predicted molar refractivity (Wildman–Crippen MR) is 71.5 cm³/mol. The second-order valence-electron chi connectivity index (χ2n) is 5.08. The van der Waals surface area contributed by atoms with Crippen molar-refractivity contribution in [3.63, 3.8) is 0 Å². The van der Waals surface area contributed by atoms with Crippen molar-refractivity contribution in [2.45, 2.75) is 37.4 Å². The topological polar surface area (TPSA) is 44.8 Å². The lowest BCUT2D eigenvalue weighted by atomic mass is 9.84. The highest BCUT2D eigenvalue weighted by Gasteiger charge is 2.40. The van der Waals surface area contributed by atoms with Gasteiger partial charge in [0.05, 0.1) is 20.3 Å². The van der Waals surface area contributed by atoms with Crippen LogP contribution in [-0.2, 0) is 14.2 Å². The monoisotopic (exact) mass is 282 g/mol. The van der Waals surface area contributed by atoms with Gasteiger partial charge in [0.15, 0.2) is 5.79 Å². The molecule has 0 amide bonds. The van der Waals surface area contributed by atoms with Crippen LogP contribution in [-0.4, -0.2) is 32.1 Å². The average molecular weight is 282 g/mol. The number of thiophene rings is 1. The Hall–Kier alpha value is -0.910. The van der Waals surface area contributed by atoms with Crippen molar-refractivity contribution in [2.75, 3.05) is 20.3 Å². The lowest BCUT2D eigenvalue weighted by Gasteiger charge is -2.35. The summed E-state index contributed by atoms with van der Waals surface area (Å²) in [6.45, 7) is 1.44. The zero-order chi connectivity index (χ0) is 13.3. The summed E-state index contributed by atoms with van der Waals surface area (Å²) in [5.74, 6) is -0.0355. The van der Waals surface area contributed by atoms with Crippen LogP contribution in [0, 0.1) is 0 Å². The van der Waals surface area contributed by atoms with Gasteiger partial charge in [0, 0.05) is 17.7 Å². The van der Waals surface area contributed by atoms with Crippen molar-refractivity contribution in [1.29, 1.82) is 0 Å². The number of esters is 1. The van der Waals surface area contributed by atoms with E-state index in [0.717, 1.165) is 38.9 Å². The smallest absolute Gasteiger partial charge is 0.348 e. The number of methoxy groups -OCH3 is 1. The van der Waals surface area contributed by atoms with Crippen molar-refractivity contribution in [3.05, 3.63) is 21.9 Å². The third-order valence-electron chi connectivity index (χ3n) is 3.98. The molecule has 2 aliphatic rings. The number of ether oxygens (including phenoxy) is 3. The third kappa shape index (κ3) is 2.55. The van der Waals surface area contributed by atoms with E-state index >= 15 is 0 Å². The second-order valence-corrected chi connectivity index (χ2v) is 6.19. The first-order chi connectivity index (χ1) is 9.22. The molecule has 0 unspecified atom stereocenters. The summed E-state index contributed by atoms with van der Waals surface area (Å²) in [5.41, 5.74) is 0. The van der Waals surface area contributed by atoms with Crippen molar-refractivity contribution in [3.8, 4) is 0 Å². The fraction of sp³-hybridized carbons (Fsp3) is 0.643. The maximum absolute atomic E-state index is 11.5. The summed E-state index contributed by atoms with van der Waals surface area (Å²) in [6, 6.07) is 3.91. The Morgan fingerprint density at radius 2 is 2.00 bits per heavy atom. The van der Waals surface area contributed by atoms with E-state index in [1.165, 1.54) is 12.0 Å². The molecule has 19 heavy (non-hydrogen) atoms.